The summed E-state index contributed by atoms with van der Waals surface area (Å²) in [5.74, 6) is 0.790. The Kier molecular flexibility index (Phi) is 9.08. The highest BCUT2D eigenvalue weighted by Gasteiger charge is 2.42. The molecule has 1 aromatic carbocycles. The number of methoxy groups -OCH3 is 1. The van der Waals surface area contributed by atoms with E-state index >= 15 is 0 Å². The first-order chi connectivity index (χ1) is 18.3. The summed E-state index contributed by atoms with van der Waals surface area (Å²) in [6.07, 6.45) is 2.21. The molecule has 2 aromatic rings. The van der Waals surface area contributed by atoms with Crippen LogP contribution in [0.1, 0.15) is 36.8 Å². The lowest BCUT2D eigenvalue weighted by Gasteiger charge is -2.34. The van der Waals surface area contributed by atoms with Crippen LogP contribution in [0.15, 0.2) is 42.6 Å². The van der Waals surface area contributed by atoms with Crippen LogP contribution in [-0.2, 0) is 14.3 Å². The molecule has 0 saturated carbocycles. The lowest BCUT2D eigenvalue weighted by atomic mass is 9.93. The summed E-state index contributed by atoms with van der Waals surface area (Å²) >= 11 is 6.12. The number of aromatic nitrogens is 1. The zero-order valence-corrected chi connectivity index (χ0v) is 22.8. The van der Waals surface area contributed by atoms with Crippen molar-refractivity contribution in [3.05, 3.63) is 58.7 Å². The standard InChI is InChI=1S/C28H34ClN5O4/c1-19(18-37-3)38-28(36)32(2)25-17-34(16-24(25)21-5-7-23(29)8-6-21)27(35)22-10-12-33(13-11-22)26-9-4-20(14-30)15-31-26/h4-9,15,19,22,24-25H,10-13,16-18H2,1-3H3/t19?,24-,25+/m0/s1. The van der Waals surface area contributed by atoms with Crippen molar-refractivity contribution in [2.24, 2.45) is 5.92 Å². The van der Waals surface area contributed by atoms with Crippen LogP contribution < -0.4 is 4.90 Å². The number of rotatable bonds is 7. The van der Waals surface area contributed by atoms with Gasteiger partial charge in [-0.2, -0.15) is 5.26 Å². The molecule has 202 valence electrons. The fourth-order valence-electron chi connectivity index (χ4n) is 5.31. The van der Waals surface area contributed by atoms with E-state index in [1.54, 1.807) is 38.2 Å². The Morgan fingerprint density at radius 2 is 1.89 bits per heavy atom. The van der Waals surface area contributed by atoms with E-state index in [1.807, 2.05) is 35.2 Å². The Bertz CT molecular complexity index is 1150. The highest BCUT2D eigenvalue weighted by molar-refractivity contribution is 6.30. The maximum Gasteiger partial charge on any atom is 0.410 e. The van der Waals surface area contributed by atoms with Crippen molar-refractivity contribution in [3.8, 4) is 6.07 Å². The molecule has 1 aromatic heterocycles. The highest BCUT2D eigenvalue weighted by Crippen LogP contribution is 2.34. The van der Waals surface area contributed by atoms with Crippen molar-refractivity contribution < 1.29 is 19.1 Å². The van der Waals surface area contributed by atoms with Crippen LogP contribution in [0.5, 0.6) is 0 Å². The van der Waals surface area contributed by atoms with Crippen molar-refractivity contribution in [2.75, 3.05) is 51.8 Å². The number of hydrogen-bond acceptors (Lipinski definition) is 7. The number of hydrogen-bond donors (Lipinski definition) is 0. The molecule has 1 unspecified atom stereocenters. The number of carbonyl (C=O) groups excluding carboxylic acids is 2. The lowest BCUT2D eigenvalue weighted by molar-refractivity contribution is -0.135. The van der Waals surface area contributed by atoms with E-state index in [2.05, 4.69) is 16.0 Å². The molecule has 2 saturated heterocycles. The molecule has 2 aliphatic heterocycles. The fraction of sp³-hybridized carbons (Fsp3) is 0.500. The minimum atomic E-state index is -0.434. The Morgan fingerprint density at radius 1 is 1.18 bits per heavy atom. The van der Waals surface area contributed by atoms with Gasteiger partial charge in [-0.1, -0.05) is 23.7 Å². The van der Waals surface area contributed by atoms with Gasteiger partial charge < -0.3 is 24.2 Å². The Hall–Kier alpha value is -3.35. The number of carbonyl (C=O) groups is 2. The Labute approximate surface area is 228 Å². The maximum atomic E-state index is 13.6. The first kappa shape index (κ1) is 27.7. The van der Waals surface area contributed by atoms with Crippen LogP contribution in [0, 0.1) is 17.2 Å². The average Bonchev–Trinajstić information content (AvgIpc) is 3.38. The fourth-order valence-corrected chi connectivity index (χ4v) is 5.43. The topological polar surface area (TPSA) is 99.0 Å². The summed E-state index contributed by atoms with van der Waals surface area (Å²) in [5.41, 5.74) is 1.56. The van der Waals surface area contributed by atoms with E-state index in [9.17, 15) is 9.59 Å². The highest BCUT2D eigenvalue weighted by atomic mass is 35.5. The SMILES string of the molecule is COCC(C)OC(=O)N(C)[C@@H]1CN(C(=O)C2CCN(c3ccc(C#N)cn3)CC2)C[C@H]1c1ccc(Cl)cc1. The number of benzene rings is 1. The van der Waals surface area contributed by atoms with Gasteiger partial charge in [0.25, 0.3) is 0 Å². The molecule has 38 heavy (non-hydrogen) atoms. The predicted octanol–water partition coefficient (Wildman–Crippen LogP) is 3.92. The van der Waals surface area contributed by atoms with E-state index in [0.29, 0.717) is 30.3 Å². The summed E-state index contributed by atoms with van der Waals surface area (Å²) in [5, 5.41) is 9.64. The molecule has 3 heterocycles. The molecule has 9 nitrogen and oxygen atoms in total. The number of ether oxygens (including phenoxy) is 2. The van der Waals surface area contributed by atoms with Crippen LogP contribution in [-0.4, -0.2) is 85.9 Å². The van der Waals surface area contributed by atoms with Gasteiger partial charge in [0.15, 0.2) is 0 Å². The maximum absolute atomic E-state index is 13.6. The summed E-state index contributed by atoms with van der Waals surface area (Å²) in [6.45, 7) is 4.50. The van der Waals surface area contributed by atoms with Gasteiger partial charge in [-0.05, 0) is 49.6 Å². The summed E-state index contributed by atoms with van der Waals surface area (Å²) in [6, 6.07) is 13.1. The number of likely N-dealkylation sites (tertiary alicyclic amines) is 1. The van der Waals surface area contributed by atoms with E-state index in [-0.39, 0.29) is 29.9 Å². The second-order valence-electron chi connectivity index (χ2n) is 10.0. The summed E-state index contributed by atoms with van der Waals surface area (Å²) < 4.78 is 10.6. The second-order valence-corrected chi connectivity index (χ2v) is 10.4. The molecule has 0 spiro atoms. The van der Waals surface area contributed by atoms with Gasteiger partial charge in [-0.3, -0.25) is 4.79 Å². The third-order valence-electron chi connectivity index (χ3n) is 7.43. The number of nitrogens with zero attached hydrogens (tertiary/aromatic N) is 5. The predicted molar refractivity (Wildman–Crippen MR) is 144 cm³/mol. The monoisotopic (exact) mass is 539 g/mol. The van der Waals surface area contributed by atoms with Gasteiger partial charge >= 0.3 is 6.09 Å². The number of piperidine rings is 1. The van der Waals surface area contributed by atoms with E-state index in [4.69, 9.17) is 26.3 Å². The minimum Gasteiger partial charge on any atom is -0.444 e. The zero-order valence-electron chi connectivity index (χ0n) is 22.0. The molecular formula is C28H34ClN5O4. The normalized spacial score (nSPS) is 20.6. The lowest BCUT2D eigenvalue weighted by Crippen LogP contribution is -2.45. The van der Waals surface area contributed by atoms with Crippen LogP contribution in [0.3, 0.4) is 0 Å². The number of amides is 2. The molecule has 2 amide bonds. The zero-order chi connectivity index (χ0) is 27.2. The Morgan fingerprint density at radius 3 is 2.50 bits per heavy atom. The van der Waals surface area contributed by atoms with Crippen molar-refractivity contribution in [2.45, 2.75) is 37.8 Å². The number of anilines is 1. The summed E-state index contributed by atoms with van der Waals surface area (Å²) in [7, 11) is 3.29. The smallest absolute Gasteiger partial charge is 0.410 e. The van der Waals surface area contributed by atoms with Gasteiger partial charge in [0.05, 0.1) is 18.2 Å². The number of pyridine rings is 1. The van der Waals surface area contributed by atoms with E-state index < -0.39 is 6.09 Å². The summed E-state index contributed by atoms with van der Waals surface area (Å²) in [4.78, 5) is 36.6. The number of nitriles is 1. The van der Waals surface area contributed by atoms with Gasteiger partial charge in [-0.15, -0.1) is 0 Å². The van der Waals surface area contributed by atoms with Gasteiger partial charge in [-0.25, -0.2) is 9.78 Å². The minimum absolute atomic E-state index is 0.0607. The molecule has 2 aliphatic rings. The molecular weight excluding hydrogens is 506 g/mol. The molecule has 0 aliphatic carbocycles. The van der Waals surface area contributed by atoms with Crippen molar-refractivity contribution in [1.82, 2.24) is 14.8 Å². The van der Waals surface area contributed by atoms with Gasteiger partial charge in [0.1, 0.15) is 18.0 Å². The van der Waals surface area contributed by atoms with Crippen LogP contribution in [0.2, 0.25) is 5.02 Å². The first-order valence-electron chi connectivity index (χ1n) is 12.9. The van der Waals surface area contributed by atoms with Crippen molar-refractivity contribution >= 4 is 29.4 Å². The number of likely N-dealkylation sites (N-methyl/N-ethyl adjacent to an activating group) is 1. The van der Waals surface area contributed by atoms with Crippen LogP contribution in [0.4, 0.5) is 10.6 Å². The third kappa shape index (κ3) is 6.37. The molecule has 0 N–H and O–H groups in total. The molecule has 4 rings (SSSR count). The van der Waals surface area contributed by atoms with Crippen molar-refractivity contribution in [3.63, 3.8) is 0 Å². The van der Waals surface area contributed by atoms with Gasteiger partial charge in [0.2, 0.25) is 5.91 Å². The van der Waals surface area contributed by atoms with Crippen LogP contribution >= 0.6 is 11.6 Å². The van der Waals surface area contributed by atoms with E-state index in [1.165, 1.54) is 0 Å². The van der Waals surface area contributed by atoms with Gasteiger partial charge in [0, 0.05) is 63.4 Å². The third-order valence-corrected chi connectivity index (χ3v) is 7.68. The van der Waals surface area contributed by atoms with Crippen molar-refractivity contribution in [1.29, 1.82) is 5.26 Å². The average molecular weight is 540 g/mol. The quantitative estimate of drug-likeness (QED) is 0.526. The molecule has 0 radical (unpaired) electrons. The first-order valence-corrected chi connectivity index (χ1v) is 13.3. The Balaban J connectivity index is 1.43. The molecule has 3 atom stereocenters. The molecule has 2 fully saturated rings. The second kappa shape index (κ2) is 12.5. The molecule has 0 bridgehead atoms. The number of halogens is 1. The largest absolute Gasteiger partial charge is 0.444 e. The molecule has 10 heteroatoms. The van der Waals surface area contributed by atoms with Crippen LogP contribution in [0.25, 0.3) is 0 Å². The van der Waals surface area contributed by atoms with E-state index in [0.717, 1.165) is 37.3 Å².